The Labute approximate surface area is 137 Å². The van der Waals surface area contributed by atoms with Gasteiger partial charge in [-0.25, -0.2) is 0 Å². The maximum absolute atomic E-state index is 13.0. The highest BCUT2D eigenvalue weighted by molar-refractivity contribution is 6.31. The number of fused-ring (bicyclic) bond motifs is 1. The summed E-state index contributed by atoms with van der Waals surface area (Å²) >= 11 is 5.69. The molecule has 0 N–H and O–H groups in total. The van der Waals surface area contributed by atoms with Crippen LogP contribution in [0.5, 0.6) is 5.75 Å². The fourth-order valence-corrected chi connectivity index (χ4v) is 3.14. The fraction of sp³-hybridized carbons (Fsp3) is 0.294. The van der Waals surface area contributed by atoms with Crippen molar-refractivity contribution < 1.29 is 17.9 Å². The number of halogens is 4. The minimum absolute atomic E-state index is 0.277. The Morgan fingerprint density at radius 3 is 2.65 bits per heavy atom. The van der Waals surface area contributed by atoms with Gasteiger partial charge in [0.15, 0.2) is 0 Å². The van der Waals surface area contributed by atoms with Crippen LogP contribution in [-0.2, 0) is 19.1 Å². The van der Waals surface area contributed by atoms with Crippen LogP contribution < -0.4 is 9.64 Å². The standard InChI is InChI=1S/C17H15ClF3NO/c1-23-16-4-2-3-11-10-22(8-7-13(11)16)12-5-6-15(18)14(9-12)17(19,20)21/h2-6,9H,7-8,10H2,1H3. The number of hydrogen-bond acceptors (Lipinski definition) is 2. The molecule has 0 saturated heterocycles. The van der Waals surface area contributed by atoms with Crippen LogP contribution >= 0.6 is 11.6 Å². The third-order valence-electron chi connectivity index (χ3n) is 4.06. The van der Waals surface area contributed by atoms with Gasteiger partial charge in [0.2, 0.25) is 0 Å². The summed E-state index contributed by atoms with van der Waals surface area (Å²) in [5, 5.41) is -0.277. The van der Waals surface area contributed by atoms with Crippen molar-refractivity contribution in [3.63, 3.8) is 0 Å². The second-order valence-electron chi connectivity index (χ2n) is 5.43. The van der Waals surface area contributed by atoms with Crippen molar-refractivity contribution in [3.05, 3.63) is 58.1 Å². The molecule has 0 unspecified atom stereocenters. The summed E-state index contributed by atoms with van der Waals surface area (Å²) in [4.78, 5) is 1.92. The molecule has 1 aliphatic rings. The van der Waals surface area contributed by atoms with Crippen LogP contribution in [0.4, 0.5) is 18.9 Å². The molecule has 6 heteroatoms. The van der Waals surface area contributed by atoms with E-state index in [2.05, 4.69) is 0 Å². The van der Waals surface area contributed by atoms with Crippen LogP contribution in [0.25, 0.3) is 0 Å². The summed E-state index contributed by atoms with van der Waals surface area (Å²) in [6.07, 6.45) is -3.73. The van der Waals surface area contributed by atoms with Gasteiger partial charge >= 0.3 is 6.18 Å². The van der Waals surface area contributed by atoms with Crippen molar-refractivity contribution >= 4 is 17.3 Å². The van der Waals surface area contributed by atoms with Gasteiger partial charge in [-0.15, -0.1) is 0 Å². The van der Waals surface area contributed by atoms with Gasteiger partial charge in [-0.1, -0.05) is 23.7 Å². The summed E-state index contributed by atoms with van der Waals surface area (Å²) in [5.41, 5.74) is 1.92. The van der Waals surface area contributed by atoms with Crippen molar-refractivity contribution in [2.45, 2.75) is 19.1 Å². The number of ether oxygens (including phenoxy) is 1. The van der Waals surface area contributed by atoms with E-state index in [1.54, 1.807) is 13.2 Å². The van der Waals surface area contributed by atoms with Crippen LogP contribution in [0.3, 0.4) is 0 Å². The van der Waals surface area contributed by atoms with Gasteiger partial charge in [0, 0.05) is 24.3 Å². The average molecular weight is 342 g/mol. The number of methoxy groups -OCH3 is 1. The lowest BCUT2D eigenvalue weighted by Gasteiger charge is -2.32. The highest BCUT2D eigenvalue weighted by Gasteiger charge is 2.34. The van der Waals surface area contributed by atoms with Crippen LogP contribution in [0.2, 0.25) is 5.02 Å². The molecule has 0 amide bonds. The number of benzene rings is 2. The molecule has 0 bridgehead atoms. The minimum Gasteiger partial charge on any atom is -0.496 e. The normalized spacial score (nSPS) is 14.6. The molecule has 122 valence electrons. The minimum atomic E-state index is -4.45. The maximum Gasteiger partial charge on any atom is 0.417 e. The molecule has 3 rings (SSSR count). The lowest BCUT2D eigenvalue weighted by atomic mass is 9.98. The van der Waals surface area contributed by atoms with Crippen molar-refractivity contribution in [2.24, 2.45) is 0 Å². The Hall–Kier alpha value is -1.88. The number of nitrogens with zero attached hydrogens (tertiary/aromatic N) is 1. The van der Waals surface area contributed by atoms with Crippen molar-refractivity contribution in [1.29, 1.82) is 0 Å². The second-order valence-corrected chi connectivity index (χ2v) is 5.84. The van der Waals surface area contributed by atoms with Crippen LogP contribution in [-0.4, -0.2) is 13.7 Å². The van der Waals surface area contributed by atoms with Gasteiger partial charge in [0.05, 0.1) is 17.7 Å². The van der Waals surface area contributed by atoms with E-state index in [0.717, 1.165) is 29.4 Å². The number of anilines is 1. The topological polar surface area (TPSA) is 12.5 Å². The molecule has 0 spiro atoms. The van der Waals surface area contributed by atoms with Crippen LogP contribution in [0.15, 0.2) is 36.4 Å². The van der Waals surface area contributed by atoms with Crippen molar-refractivity contribution in [2.75, 3.05) is 18.6 Å². The van der Waals surface area contributed by atoms with E-state index in [0.29, 0.717) is 18.8 Å². The molecule has 1 aliphatic heterocycles. The van der Waals surface area contributed by atoms with E-state index < -0.39 is 11.7 Å². The second kappa shape index (κ2) is 5.96. The first-order chi connectivity index (χ1) is 10.9. The predicted octanol–water partition coefficient (Wildman–Crippen LogP) is 4.93. The zero-order chi connectivity index (χ0) is 16.6. The van der Waals surface area contributed by atoms with Crippen molar-refractivity contribution in [1.82, 2.24) is 0 Å². The smallest absolute Gasteiger partial charge is 0.417 e. The lowest BCUT2D eigenvalue weighted by Crippen LogP contribution is -2.30. The molecule has 0 fully saturated rings. The number of alkyl halides is 3. The van der Waals surface area contributed by atoms with Crippen LogP contribution in [0.1, 0.15) is 16.7 Å². The Balaban J connectivity index is 1.92. The van der Waals surface area contributed by atoms with Gasteiger partial charge < -0.3 is 9.64 Å². The molecule has 0 aromatic heterocycles. The molecule has 2 aromatic rings. The summed E-state index contributed by atoms with van der Waals surface area (Å²) < 4.78 is 44.4. The van der Waals surface area contributed by atoms with E-state index in [9.17, 15) is 13.2 Å². The van der Waals surface area contributed by atoms with E-state index in [1.807, 2.05) is 23.1 Å². The molecule has 0 aliphatic carbocycles. The molecule has 0 saturated carbocycles. The molecule has 1 heterocycles. The number of hydrogen-bond donors (Lipinski definition) is 0. The van der Waals surface area contributed by atoms with Gasteiger partial charge in [0.25, 0.3) is 0 Å². The molecule has 2 nitrogen and oxygen atoms in total. The highest BCUT2D eigenvalue weighted by Crippen LogP contribution is 2.38. The van der Waals surface area contributed by atoms with E-state index in [1.165, 1.54) is 6.07 Å². The lowest BCUT2D eigenvalue weighted by molar-refractivity contribution is -0.137. The van der Waals surface area contributed by atoms with Gasteiger partial charge in [-0.05, 0) is 36.2 Å². The zero-order valence-electron chi connectivity index (χ0n) is 12.5. The first-order valence-electron chi connectivity index (χ1n) is 7.16. The molecular formula is C17H15ClF3NO. The highest BCUT2D eigenvalue weighted by atomic mass is 35.5. The first-order valence-corrected chi connectivity index (χ1v) is 7.54. The third kappa shape index (κ3) is 3.11. The predicted molar refractivity (Wildman–Crippen MR) is 84.2 cm³/mol. The summed E-state index contributed by atoms with van der Waals surface area (Å²) in [5.74, 6) is 0.828. The van der Waals surface area contributed by atoms with Gasteiger partial charge in [0.1, 0.15) is 5.75 Å². The van der Waals surface area contributed by atoms with Crippen LogP contribution in [0, 0.1) is 0 Å². The largest absolute Gasteiger partial charge is 0.496 e. The molecule has 0 radical (unpaired) electrons. The van der Waals surface area contributed by atoms with Gasteiger partial charge in [-0.3, -0.25) is 0 Å². The van der Waals surface area contributed by atoms with E-state index in [4.69, 9.17) is 16.3 Å². The molecule has 0 atom stereocenters. The summed E-state index contributed by atoms with van der Waals surface area (Å²) in [6, 6.07) is 9.82. The Bertz CT molecular complexity index is 730. The Morgan fingerprint density at radius 2 is 1.96 bits per heavy atom. The van der Waals surface area contributed by atoms with E-state index in [-0.39, 0.29) is 5.02 Å². The fourth-order valence-electron chi connectivity index (χ4n) is 2.91. The Kier molecular flexibility index (Phi) is 4.15. The van der Waals surface area contributed by atoms with Crippen molar-refractivity contribution in [3.8, 4) is 5.75 Å². The summed E-state index contributed by atoms with van der Waals surface area (Å²) in [6.45, 7) is 1.18. The summed E-state index contributed by atoms with van der Waals surface area (Å²) in [7, 11) is 1.62. The zero-order valence-corrected chi connectivity index (χ0v) is 13.2. The molecule has 2 aromatic carbocycles. The van der Waals surface area contributed by atoms with Gasteiger partial charge in [-0.2, -0.15) is 13.2 Å². The number of rotatable bonds is 2. The quantitative estimate of drug-likeness (QED) is 0.768. The maximum atomic E-state index is 13.0. The SMILES string of the molecule is COc1cccc2c1CCN(c1ccc(Cl)c(C(F)(F)F)c1)C2. The Morgan fingerprint density at radius 1 is 1.17 bits per heavy atom. The average Bonchev–Trinajstić information content (AvgIpc) is 2.53. The third-order valence-corrected chi connectivity index (χ3v) is 4.39. The first kappa shape index (κ1) is 16.0. The molecule has 23 heavy (non-hydrogen) atoms. The van der Waals surface area contributed by atoms with E-state index >= 15 is 0 Å². The monoisotopic (exact) mass is 341 g/mol. The molecular weight excluding hydrogens is 327 g/mol.